The van der Waals surface area contributed by atoms with Gasteiger partial charge in [-0.2, -0.15) is 0 Å². The van der Waals surface area contributed by atoms with Gasteiger partial charge in [-0.3, -0.25) is 9.59 Å². The average Bonchev–Trinajstić information content (AvgIpc) is 2.96. The van der Waals surface area contributed by atoms with E-state index in [4.69, 9.17) is 5.73 Å². The number of nitrogens with zero attached hydrogens (tertiary/aromatic N) is 2. The summed E-state index contributed by atoms with van der Waals surface area (Å²) >= 11 is 0. The summed E-state index contributed by atoms with van der Waals surface area (Å²) in [6.07, 6.45) is 5.64. The molecule has 1 aliphatic heterocycles. The van der Waals surface area contributed by atoms with E-state index in [-0.39, 0.29) is 35.6 Å². The van der Waals surface area contributed by atoms with Crippen LogP contribution in [0.4, 0.5) is 0 Å². The van der Waals surface area contributed by atoms with E-state index in [2.05, 4.69) is 0 Å². The van der Waals surface area contributed by atoms with Crippen LogP contribution < -0.4 is 5.73 Å². The van der Waals surface area contributed by atoms with E-state index >= 15 is 0 Å². The summed E-state index contributed by atoms with van der Waals surface area (Å²) in [6.45, 7) is 1.86. The predicted octanol–water partition coefficient (Wildman–Crippen LogP) is 1.25. The number of carbonyl (C=O) groups is 2. The molecule has 0 atom stereocenters. The van der Waals surface area contributed by atoms with E-state index in [1.54, 1.807) is 19.0 Å². The number of amides is 2. The molecule has 1 saturated carbocycles. The topological polar surface area (TPSA) is 66.6 Å². The molecule has 0 spiro atoms. The molecule has 0 unspecified atom stereocenters. The van der Waals surface area contributed by atoms with Crippen LogP contribution in [0.2, 0.25) is 0 Å². The lowest BCUT2D eigenvalue weighted by Crippen LogP contribution is -2.50. The first-order valence-corrected chi connectivity index (χ1v) is 7.71. The van der Waals surface area contributed by atoms with Gasteiger partial charge in [0.2, 0.25) is 11.8 Å². The molecule has 0 aromatic heterocycles. The molecular weight excluding hydrogens is 290 g/mol. The molecule has 0 aromatic carbocycles. The van der Waals surface area contributed by atoms with Crippen LogP contribution in [0.25, 0.3) is 0 Å². The summed E-state index contributed by atoms with van der Waals surface area (Å²) < 4.78 is 0. The second-order valence-corrected chi connectivity index (χ2v) is 6.49. The van der Waals surface area contributed by atoms with Gasteiger partial charge in [0.05, 0.1) is 5.41 Å². The first-order chi connectivity index (χ1) is 9.50. The predicted molar refractivity (Wildman–Crippen MR) is 85.2 cm³/mol. The van der Waals surface area contributed by atoms with Crippen molar-refractivity contribution in [3.63, 3.8) is 0 Å². The zero-order valence-electron chi connectivity index (χ0n) is 13.1. The summed E-state index contributed by atoms with van der Waals surface area (Å²) in [5.74, 6) is 0.492. The van der Waals surface area contributed by atoms with Crippen molar-refractivity contribution in [3.8, 4) is 0 Å². The summed E-state index contributed by atoms with van der Waals surface area (Å²) in [5, 5.41) is 0. The Morgan fingerprint density at radius 2 is 1.71 bits per heavy atom. The van der Waals surface area contributed by atoms with Crippen molar-refractivity contribution in [2.45, 2.75) is 38.5 Å². The van der Waals surface area contributed by atoms with Crippen molar-refractivity contribution >= 4 is 24.2 Å². The van der Waals surface area contributed by atoms with Crippen molar-refractivity contribution in [1.82, 2.24) is 9.80 Å². The second kappa shape index (κ2) is 7.45. The largest absolute Gasteiger partial charge is 0.349 e. The third-order valence-corrected chi connectivity index (χ3v) is 4.98. The van der Waals surface area contributed by atoms with Crippen molar-refractivity contribution in [3.05, 3.63) is 0 Å². The van der Waals surface area contributed by atoms with Gasteiger partial charge in [-0.05, 0) is 25.7 Å². The Hall–Kier alpha value is -0.810. The van der Waals surface area contributed by atoms with E-state index in [0.29, 0.717) is 19.6 Å². The minimum absolute atomic E-state index is 0. The molecule has 2 aliphatic rings. The highest BCUT2D eigenvalue weighted by molar-refractivity contribution is 5.85. The molecule has 1 saturated heterocycles. The molecule has 0 bridgehead atoms. The van der Waals surface area contributed by atoms with Gasteiger partial charge < -0.3 is 15.5 Å². The summed E-state index contributed by atoms with van der Waals surface area (Å²) in [5.41, 5.74) is 5.58. The molecule has 2 fully saturated rings. The normalized spacial score (nSPS) is 21.8. The number of nitrogens with two attached hydrogens (primary N) is 1. The van der Waals surface area contributed by atoms with Crippen LogP contribution in [-0.4, -0.2) is 55.3 Å². The number of likely N-dealkylation sites (tertiary alicyclic amines) is 1. The SMILES string of the molecule is CN(C)C(=O)C1CCN(C(=O)C2(CN)CCCC2)CC1.Cl. The third-order valence-electron chi connectivity index (χ3n) is 4.98. The maximum atomic E-state index is 12.7. The van der Waals surface area contributed by atoms with Crippen LogP contribution in [0.3, 0.4) is 0 Å². The van der Waals surface area contributed by atoms with Crippen LogP contribution in [0.1, 0.15) is 38.5 Å². The summed E-state index contributed by atoms with van der Waals surface area (Å²) in [4.78, 5) is 28.3. The highest BCUT2D eigenvalue weighted by atomic mass is 35.5. The average molecular weight is 318 g/mol. The van der Waals surface area contributed by atoms with Crippen LogP contribution in [0, 0.1) is 11.3 Å². The van der Waals surface area contributed by atoms with Crippen LogP contribution in [-0.2, 0) is 9.59 Å². The Morgan fingerprint density at radius 3 is 2.14 bits per heavy atom. The molecular formula is C15H28ClN3O2. The van der Waals surface area contributed by atoms with Crippen molar-refractivity contribution in [1.29, 1.82) is 0 Å². The molecule has 1 heterocycles. The number of hydrogen-bond donors (Lipinski definition) is 1. The fourth-order valence-corrected chi connectivity index (χ4v) is 3.59. The van der Waals surface area contributed by atoms with E-state index in [1.165, 1.54) is 0 Å². The zero-order valence-corrected chi connectivity index (χ0v) is 14.0. The lowest BCUT2D eigenvalue weighted by molar-refractivity contribution is -0.145. The van der Waals surface area contributed by atoms with Crippen molar-refractivity contribution in [2.24, 2.45) is 17.1 Å². The standard InChI is InChI=1S/C15H27N3O2.ClH/c1-17(2)13(19)12-5-9-18(10-6-12)14(20)15(11-16)7-3-4-8-15;/h12H,3-11,16H2,1-2H3;1H. The number of piperidine rings is 1. The lowest BCUT2D eigenvalue weighted by Gasteiger charge is -2.38. The van der Waals surface area contributed by atoms with Crippen LogP contribution in [0.15, 0.2) is 0 Å². The maximum absolute atomic E-state index is 12.7. The Bertz CT molecular complexity index is 373. The van der Waals surface area contributed by atoms with Gasteiger partial charge in [0.1, 0.15) is 0 Å². The molecule has 1 aliphatic carbocycles. The lowest BCUT2D eigenvalue weighted by atomic mass is 9.83. The van der Waals surface area contributed by atoms with Crippen molar-refractivity contribution < 1.29 is 9.59 Å². The Labute approximate surface area is 133 Å². The first-order valence-electron chi connectivity index (χ1n) is 7.71. The number of carbonyl (C=O) groups excluding carboxylic acids is 2. The van der Waals surface area contributed by atoms with Crippen molar-refractivity contribution in [2.75, 3.05) is 33.7 Å². The number of halogens is 1. The monoisotopic (exact) mass is 317 g/mol. The van der Waals surface area contributed by atoms with Gasteiger partial charge in [0, 0.05) is 39.6 Å². The van der Waals surface area contributed by atoms with Gasteiger partial charge in [-0.15, -0.1) is 12.4 Å². The first kappa shape index (κ1) is 18.2. The minimum atomic E-state index is -0.307. The molecule has 0 aromatic rings. The van der Waals surface area contributed by atoms with E-state index in [1.807, 2.05) is 4.90 Å². The van der Waals surface area contributed by atoms with Crippen LogP contribution in [0.5, 0.6) is 0 Å². The van der Waals surface area contributed by atoms with Gasteiger partial charge in [-0.25, -0.2) is 0 Å². The molecule has 21 heavy (non-hydrogen) atoms. The molecule has 5 nitrogen and oxygen atoms in total. The second-order valence-electron chi connectivity index (χ2n) is 6.49. The Balaban J connectivity index is 0.00000220. The van der Waals surface area contributed by atoms with Gasteiger partial charge in [0.15, 0.2) is 0 Å². The Morgan fingerprint density at radius 1 is 1.19 bits per heavy atom. The molecule has 122 valence electrons. The highest BCUT2D eigenvalue weighted by Gasteiger charge is 2.43. The molecule has 2 N–H and O–H groups in total. The van der Waals surface area contributed by atoms with Gasteiger partial charge in [-0.1, -0.05) is 12.8 Å². The minimum Gasteiger partial charge on any atom is -0.349 e. The van der Waals surface area contributed by atoms with Gasteiger partial charge in [0.25, 0.3) is 0 Å². The fraction of sp³-hybridized carbons (Fsp3) is 0.867. The molecule has 2 amide bonds. The van der Waals surface area contributed by atoms with Gasteiger partial charge >= 0.3 is 0 Å². The number of hydrogen-bond acceptors (Lipinski definition) is 3. The molecule has 6 heteroatoms. The third kappa shape index (κ3) is 3.69. The molecule has 0 radical (unpaired) electrons. The van der Waals surface area contributed by atoms with E-state index < -0.39 is 0 Å². The summed E-state index contributed by atoms with van der Waals surface area (Å²) in [6, 6.07) is 0. The maximum Gasteiger partial charge on any atom is 0.230 e. The molecule has 2 rings (SSSR count). The number of rotatable bonds is 3. The summed E-state index contributed by atoms with van der Waals surface area (Å²) in [7, 11) is 3.59. The zero-order chi connectivity index (χ0) is 14.8. The van der Waals surface area contributed by atoms with E-state index in [9.17, 15) is 9.59 Å². The van der Waals surface area contributed by atoms with E-state index in [0.717, 1.165) is 38.5 Å². The van der Waals surface area contributed by atoms with Crippen LogP contribution >= 0.6 is 12.4 Å². The Kier molecular flexibility index (Phi) is 6.47. The quantitative estimate of drug-likeness (QED) is 0.852. The highest BCUT2D eigenvalue weighted by Crippen LogP contribution is 2.39. The fourth-order valence-electron chi connectivity index (χ4n) is 3.59. The smallest absolute Gasteiger partial charge is 0.230 e.